The van der Waals surface area contributed by atoms with Gasteiger partial charge in [0.2, 0.25) is 10.0 Å². The Morgan fingerprint density at radius 2 is 1.45 bits per heavy atom. The molecule has 4 aromatic rings. The maximum atomic E-state index is 14.3. The number of aliphatic hydroxyl groups excluding tert-OH is 1. The molecule has 0 aromatic heterocycles. The molecule has 9 nitrogen and oxygen atoms in total. The van der Waals surface area contributed by atoms with E-state index >= 15 is 0 Å². The highest BCUT2D eigenvalue weighted by molar-refractivity contribution is 7.99. The second-order valence-corrected chi connectivity index (χ2v) is 15.1. The van der Waals surface area contributed by atoms with Crippen LogP contribution in [0.2, 0.25) is 0 Å². The number of rotatable bonds is 17. The van der Waals surface area contributed by atoms with Crippen LogP contribution in [-0.4, -0.2) is 67.8 Å². The standard InChI is InChI=1S/C38H45N3O6S2/c1-27(2)22-23-41(49(45,46)33-20-18-31(39)19-21-33)32(25-42)26-48-35-17-11-10-16-30(35)24-34(43)37(40-38(44)47-3)36(28-12-6-4-7-13-28)29-14-8-5-9-15-29/h4-21,27,32,36-37,42H,22-26,39H2,1-3H3,(H,40,44)/t32-,37-/m1/s1. The summed E-state index contributed by atoms with van der Waals surface area (Å²) in [6, 6.07) is 30.9. The molecule has 0 fully saturated rings. The Hall–Kier alpha value is -4.16. The number of alkyl carbamates (subject to hydrolysis) is 1. The molecule has 4 rings (SSSR count). The third-order valence-electron chi connectivity index (χ3n) is 8.26. The summed E-state index contributed by atoms with van der Waals surface area (Å²) < 4.78 is 34.0. The van der Waals surface area contributed by atoms with Crippen LogP contribution in [-0.2, 0) is 26.0 Å². The van der Waals surface area contributed by atoms with E-state index in [1.165, 1.54) is 35.3 Å². The average molecular weight is 704 g/mol. The van der Waals surface area contributed by atoms with Gasteiger partial charge in [-0.05, 0) is 59.4 Å². The van der Waals surface area contributed by atoms with E-state index in [0.29, 0.717) is 12.1 Å². The van der Waals surface area contributed by atoms with Gasteiger partial charge in [0.15, 0.2) is 5.78 Å². The number of nitrogens with two attached hydrogens (primary N) is 1. The highest BCUT2D eigenvalue weighted by atomic mass is 32.2. The third kappa shape index (κ3) is 10.2. The SMILES string of the molecule is COC(=O)N[C@H](C(=O)Cc1ccccc1SC[C@@H](CO)N(CCC(C)C)S(=O)(=O)c1ccc(N)cc1)C(c1ccccc1)c1ccccc1. The fraction of sp³-hybridized carbons (Fsp3) is 0.316. The quantitative estimate of drug-likeness (QED) is 0.0883. The molecule has 2 atom stereocenters. The molecule has 0 saturated carbocycles. The van der Waals surface area contributed by atoms with Crippen LogP contribution >= 0.6 is 11.8 Å². The number of amides is 1. The van der Waals surface area contributed by atoms with Gasteiger partial charge in [0, 0.05) is 35.2 Å². The monoisotopic (exact) mass is 703 g/mol. The van der Waals surface area contributed by atoms with Crippen LogP contribution in [0.25, 0.3) is 0 Å². The second-order valence-electron chi connectivity index (χ2n) is 12.2. The molecule has 1 amide bonds. The molecule has 49 heavy (non-hydrogen) atoms. The van der Waals surface area contributed by atoms with Crippen LogP contribution < -0.4 is 11.1 Å². The number of sulfonamides is 1. The first-order valence-electron chi connectivity index (χ1n) is 16.2. The lowest BCUT2D eigenvalue weighted by Gasteiger charge is -2.30. The van der Waals surface area contributed by atoms with E-state index < -0.39 is 34.1 Å². The van der Waals surface area contributed by atoms with Gasteiger partial charge in [0.05, 0.1) is 24.7 Å². The lowest BCUT2D eigenvalue weighted by Crippen LogP contribution is -2.46. The van der Waals surface area contributed by atoms with Crippen molar-refractivity contribution < 1.29 is 27.9 Å². The number of thioether (sulfide) groups is 1. The van der Waals surface area contributed by atoms with Gasteiger partial charge < -0.3 is 20.9 Å². The zero-order valence-corrected chi connectivity index (χ0v) is 29.7. The molecule has 4 aromatic carbocycles. The van der Waals surface area contributed by atoms with E-state index in [1.54, 1.807) is 12.1 Å². The lowest BCUT2D eigenvalue weighted by atomic mass is 9.82. The summed E-state index contributed by atoms with van der Waals surface area (Å²) in [6.45, 7) is 3.89. The Morgan fingerprint density at radius 1 is 0.878 bits per heavy atom. The van der Waals surface area contributed by atoms with Gasteiger partial charge in [-0.25, -0.2) is 13.2 Å². The Kier molecular flexibility index (Phi) is 13.8. The number of carbonyl (C=O) groups is 2. The van der Waals surface area contributed by atoms with Crippen molar-refractivity contribution in [3.05, 3.63) is 126 Å². The van der Waals surface area contributed by atoms with E-state index in [4.69, 9.17) is 10.5 Å². The molecule has 0 heterocycles. The smallest absolute Gasteiger partial charge is 0.407 e. The fourth-order valence-electron chi connectivity index (χ4n) is 5.59. The number of anilines is 1. The summed E-state index contributed by atoms with van der Waals surface area (Å²) >= 11 is 1.38. The predicted molar refractivity (Wildman–Crippen MR) is 195 cm³/mol. The van der Waals surface area contributed by atoms with Crippen LogP contribution in [0.4, 0.5) is 10.5 Å². The van der Waals surface area contributed by atoms with E-state index in [9.17, 15) is 23.1 Å². The first-order valence-corrected chi connectivity index (χ1v) is 18.6. The summed E-state index contributed by atoms with van der Waals surface area (Å²) in [5, 5.41) is 13.3. The number of carbonyl (C=O) groups excluding carboxylic acids is 2. The number of ether oxygens (including phenoxy) is 1. The van der Waals surface area contributed by atoms with Crippen molar-refractivity contribution in [3.63, 3.8) is 0 Å². The predicted octanol–water partition coefficient (Wildman–Crippen LogP) is 6.13. The van der Waals surface area contributed by atoms with Gasteiger partial charge in [-0.15, -0.1) is 11.8 Å². The molecule has 0 spiro atoms. The number of methoxy groups -OCH3 is 1. The largest absolute Gasteiger partial charge is 0.453 e. The number of nitrogen functional groups attached to an aromatic ring is 1. The summed E-state index contributed by atoms with van der Waals surface area (Å²) in [4.78, 5) is 27.7. The number of nitrogens with one attached hydrogen (secondary N) is 1. The number of aliphatic hydroxyl groups is 1. The molecule has 0 bridgehead atoms. The molecule has 0 unspecified atom stereocenters. The number of nitrogens with zero attached hydrogens (tertiary/aromatic N) is 1. The molecular formula is C38H45N3O6S2. The van der Waals surface area contributed by atoms with E-state index in [-0.39, 0.29) is 41.9 Å². The second kappa shape index (κ2) is 18.0. The van der Waals surface area contributed by atoms with Gasteiger partial charge in [-0.3, -0.25) is 4.79 Å². The number of ketones is 1. The maximum Gasteiger partial charge on any atom is 0.407 e. The Morgan fingerprint density at radius 3 is 2.00 bits per heavy atom. The van der Waals surface area contributed by atoms with Gasteiger partial charge in [0.25, 0.3) is 0 Å². The summed E-state index contributed by atoms with van der Waals surface area (Å²) in [6.07, 6.45) is -0.107. The molecular weight excluding hydrogens is 659 g/mol. The molecule has 4 N–H and O–H groups in total. The van der Waals surface area contributed by atoms with Crippen molar-refractivity contribution >= 4 is 39.3 Å². The lowest BCUT2D eigenvalue weighted by molar-refractivity contribution is -0.120. The molecule has 0 aliphatic rings. The van der Waals surface area contributed by atoms with Crippen molar-refractivity contribution in [3.8, 4) is 0 Å². The average Bonchev–Trinajstić information content (AvgIpc) is 3.10. The van der Waals surface area contributed by atoms with E-state index in [0.717, 1.165) is 21.6 Å². The van der Waals surface area contributed by atoms with Crippen LogP contribution in [0.3, 0.4) is 0 Å². The van der Waals surface area contributed by atoms with Gasteiger partial charge >= 0.3 is 6.09 Å². The normalized spacial score (nSPS) is 13.0. The van der Waals surface area contributed by atoms with Gasteiger partial charge in [-0.1, -0.05) is 92.7 Å². The highest BCUT2D eigenvalue weighted by Gasteiger charge is 2.34. The molecule has 0 aliphatic carbocycles. The maximum absolute atomic E-state index is 14.3. The molecule has 0 saturated heterocycles. The minimum atomic E-state index is -3.95. The molecule has 0 aliphatic heterocycles. The van der Waals surface area contributed by atoms with Crippen molar-refractivity contribution in [1.29, 1.82) is 0 Å². The Labute approximate surface area is 293 Å². The minimum Gasteiger partial charge on any atom is -0.453 e. The number of hydrogen-bond acceptors (Lipinski definition) is 8. The van der Waals surface area contributed by atoms with E-state index in [1.807, 2.05) is 98.8 Å². The molecule has 0 radical (unpaired) electrons. The first kappa shape index (κ1) is 37.7. The third-order valence-corrected chi connectivity index (χ3v) is 11.5. The van der Waals surface area contributed by atoms with Crippen LogP contribution in [0.5, 0.6) is 0 Å². The van der Waals surface area contributed by atoms with Crippen molar-refractivity contribution in [2.24, 2.45) is 5.92 Å². The van der Waals surface area contributed by atoms with Crippen LogP contribution in [0.15, 0.2) is 119 Å². The first-order chi connectivity index (χ1) is 23.5. The summed E-state index contributed by atoms with van der Waals surface area (Å²) in [5.74, 6) is -0.223. The zero-order valence-electron chi connectivity index (χ0n) is 28.1. The summed E-state index contributed by atoms with van der Waals surface area (Å²) in [5.41, 5.74) is 8.71. The van der Waals surface area contributed by atoms with Crippen molar-refractivity contribution in [1.82, 2.24) is 9.62 Å². The zero-order chi connectivity index (χ0) is 35.4. The number of benzene rings is 4. The van der Waals surface area contributed by atoms with Crippen molar-refractivity contribution in [2.45, 2.75) is 54.5 Å². The van der Waals surface area contributed by atoms with Gasteiger partial charge in [0.1, 0.15) is 6.04 Å². The topological polar surface area (TPSA) is 139 Å². The molecule has 260 valence electrons. The fourth-order valence-corrected chi connectivity index (χ4v) is 8.48. The minimum absolute atomic E-state index is 0.00140. The Bertz CT molecular complexity index is 1710. The van der Waals surface area contributed by atoms with Crippen LogP contribution in [0, 0.1) is 5.92 Å². The number of hydrogen-bond donors (Lipinski definition) is 3. The molecule has 11 heteroatoms. The Balaban J connectivity index is 1.62. The van der Waals surface area contributed by atoms with Gasteiger partial charge in [-0.2, -0.15) is 4.31 Å². The van der Waals surface area contributed by atoms with E-state index in [2.05, 4.69) is 5.32 Å². The summed E-state index contributed by atoms with van der Waals surface area (Å²) in [7, 11) is -2.69. The highest BCUT2D eigenvalue weighted by Crippen LogP contribution is 2.32. The van der Waals surface area contributed by atoms with Crippen LogP contribution in [0.1, 0.15) is 42.9 Å². The van der Waals surface area contributed by atoms with Crippen molar-refractivity contribution in [2.75, 3.05) is 31.7 Å². The number of Topliss-reactive ketones (excluding diaryl/α,β-unsaturated/α-hetero) is 1.